The molecule has 8 heteroatoms. The average molecular weight is 377 g/mol. The van der Waals surface area contributed by atoms with Crippen LogP contribution in [-0.2, 0) is 0 Å². The first-order valence-electron chi connectivity index (χ1n) is 8.57. The number of H-pyrrole nitrogens is 1. The highest BCUT2D eigenvalue weighted by molar-refractivity contribution is 5.89. The smallest absolute Gasteiger partial charge is 0.166 e. The van der Waals surface area contributed by atoms with Crippen LogP contribution in [0.2, 0.25) is 0 Å². The molecular formula is C20H19N5O3. The fraction of sp³-hybridized carbons (Fsp3) is 0.150. The van der Waals surface area contributed by atoms with E-state index in [0.717, 1.165) is 11.3 Å². The van der Waals surface area contributed by atoms with E-state index in [1.807, 2.05) is 42.5 Å². The van der Waals surface area contributed by atoms with Crippen molar-refractivity contribution in [3.63, 3.8) is 0 Å². The van der Waals surface area contributed by atoms with Gasteiger partial charge >= 0.3 is 0 Å². The van der Waals surface area contributed by atoms with Crippen LogP contribution in [0, 0.1) is 0 Å². The van der Waals surface area contributed by atoms with Gasteiger partial charge in [0.15, 0.2) is 23.1 Å². The summed E-state index contributed by atoms with van der Waals surface area (Å²) in [5, 5.41) is 10.3. The first kappa shape index (κ1) is 17.6. The molecular weight excluding hydrogens is 358 g/mol. The van der Waals surface area contributed by atoms with Gasteiger partial charge in [-0.3, -0.25) is 5.10 Å². The molecule has 0 fully saturated rings. The highest BCUT2D eigenvalue weighted by Gasteiger charge is 2.15. The zero-order valence-corrected chi connectivity index (χ0v) is 15.7. The highest BCUT2D eigenvalue weighted by atomic mass is 16.5. The van der Waals surface area contributed by atoms with Crippen molar-refractivity contribution in [2.75, 3.05) is 26.6 Å². The molecule has 0 bridgehead atoms. The molecule has 4 aromatic rings. The Morgan fingerprint density at radius 1 is 0.857 bits per heavy atom. The van der Waals surface area contributed by atoms with Crippen LogP contribution in [0.5, 0.6) is 17.2 Å². The molecule has 2 aromatic carbocycles. The van der Waals surface area contributed by atoms with E-state index in [1.165, 1.54) is 0 Å². The third kappa shape index (κ3) is 3.16. The Balaban J connectivity index is 1.80. The van der Waals surface area contributed by atoms with Crippen LogP contribution in [-0.4, -0.2) is 41.5 Å². The van der Waals surface area contributed by atoms with Crippen molar-refractivity contribution in [1.82, 2.24) is 20.2 Å². The lowest BCUT2D eigenvalue weighted by Gasteiger charge is -2.13. The lowest BCUT2D eigenvalue weighted by Crippen LogP contribution is -2.00. The van der Waals surface area contributed by atoms with Gasteiger partial charge in [0.25, 0.3) is 0 Å². The van der Waals surface area contributed by atoms with Gasteiger partial charge in [0.1, 0.15) is 16.8 Å². The Bertz CT molecular complexity index is 1130. The molecule has 2 N–H and O–H groups in total. The second kappa shape index (κ2) is 7.43. The molecule has 0 aliphatic rings. The standard InChI is InChI=1S/C20H19N5O3/c1-26-15-7-5-4-6-13(15)19-23-14-11-21-25-18(14)20(24-19)22-12-8-9-16(27-2)17(10-12)28-3/h4-11H,1-3H3,(H,21,25)(H,22,23,24). The fourth-order valence-electron chi connectivity index (χ4n) is 2.93. The Labute approximate surface area is 161 Å². The monoisotopic (exact) mass is 377 g/mol. The van der Waals surface area contributed by atoms with E-state index >= 15 is 0 Å². The third-order valence-electron chi connectivity index (χ3n) is 4.29. The maximum absolute atomic E-state index is 5.45. The van der Waals surface area contributed by atoms with Crippen molar-refractivity contribution in [1.29, 1.82) is 0 Å². The number of nitrogens with one attached hydrogen (secondary N) is 2. The zero-order valence-electron chi connectivity index (χ0n) is 15.7. The van der Waals surface area contributed by atoms with Crippen molar-refractivity contribution >= 4 is 22.5 Å². The number of rotatable bonds is 6. The number of aromatic nitrogens is 4. The van der Waals surface area contributed by atoms with Gasteiger partial charge in [-0.25, -0.2) is 9.97 Å². The number of methoxy groups -OCH3 is 3. The van der Waals surface area contributed by atoms with Crippen LogP contribution < -0.4 is 19.5 Å². The van der Waals surface area contributed by atoms with E-state index in [4.69, 9.17) is 19.2 Å². The molecule has 0 saturated carbocycles. The van der Waals surface area contributed by atoms with Crippen LogP contribution in [0.1, 0.15) is 0 Å². The van der Waals surface area contributed by atoms with Gasteiger partial charge in [-0.2, -0.15) is 5.10 Å². The fourth-order valence-corrected chi connectivity index (χ4v) is 2.93. The van der Waals surface area contributed by atoms with E-state index in [-0.39, 0.29) is 0 Å². The normalized spacial score (nSPS) is 10.7. The summed E-state index contributed by atoms with van der Waals surface area (Å²) in [7, 11) is 4.82. The topological polar surface area (TPSA) is 94.2 Å². The summed E-state index contributed by atoms with van der Waals surface area (Å²) < 4.78 is 16.1. The summed E-state index contributed by atoms with van der Waals surface area (Å²) in [5.74, 6) is 3.09. The summed E-state index contributed by atoms with van der Waals surface area (Å²) >= 11 is 0. The molecule has 0 amide bonds. The number of hydrogen-bond donors (Lipinski definition) is 2. The molecule has 2 aromatic heterocycles. The van der Waals surface area contributed by atoms with Gasteiger partial charge in [0.2, 0.25) is 0 Å². The summed E-state index contributed by atoms with van der Waals surface area (Å²) in [5.41, 5.74) is 2.98. The van der Waals surface area contributed by atoms with Crippen LogP contribution in [0.3, 0.4) is 0 Å². The van der Waals surface area contributed by atoms with E-state index < -0.39 is 0 Å². The maximum Gasteiger partial charge on any atom is 0.166 e. The number of hydrogen-bond acceptors (Lipinski definition) is 7. The molecule has 8 nitrogen and oxygen atoms in total. The van der Waals surface area contributed by atoms with Crippen molar-refractivity contribution in [3.05, 3.63) is 48.7 Å². The van der Waals surface area contributed by atoms with Crippen LogP contribution >= 0.6 is 0 Å². The molecule has 0 spiro atoms. The number of anilines is 2. The first-order chi connectivity index (χ1) is 13.7. The number of aromatic amines is 1. The molecule has 0 atom stereocenters. The molecule has 0 unspecified atom stereocenters. The molecule has 28 heavy (non-hydrogen) atoms. The van der Waals surface area contributed by atoms with Crippen molar-refractivity contribution < 1.29 is 14.2 Å². The van der Waals surface area contributed by atoms with Crippen LogP contribution in [0.25, 0.3) is 22.4 Å². The summed E-state index contributed by atoms with van der Waals surface area (Å²) in [6, 6.07) is 13.2. The highest BCUT2D eigenvalue weighted by Crippen LogP contribution is 2.33. The lowest BCUT2D eigenvalue weighted by atomic mass is 10.2. The number of ether oxygens (including phenoxy) is 3. The SMILES string of the molecule is COc1ccc(Nc2nc(-c3ccccc3OC)nc3cn[nH]c23)cc1OC. The van der Waals surface area contributed by atoms with Gasteiger partial charge < -0.3 is 19.5 Å². The zero-order chi connectivity index (χ0) is 19.5. The summed E-state index contributed by atoms with van der Waals surface area (Å²) in [6.45, 7) is 0. The van der Waals surface area contributed by atoms with Crippen molar-refractivity contribution in [2.24, 2.45) is 0 Å². The Kier molecular flexibility index (Phi) is 4.67. The van der Waals surface area contributed by atoms with E-state index in [0.29, 0.717) is 39.9 Å². The second-order valence-electron chi connectivity index (χ2n) is 5.92. The Morgan fingerprint density at radius 3 is 2.43 bits per heavy atom. The summed E-state index contributed by atoms with van der Waals surface area (Å²) in [4.78, 5) is 9.31. The van der Waals surface area contributed by atoms with Gasteiger partial charge in [-0.1, -0.05) is 12.1 Å². The van der Waals surface area contributed by atoms with Crippen molar-refractivity contribution in [2.45, 2.75) is 0 Å². The maximum atomic E-state index is 5.45. The Morgan fingerprint density at radius 2 is 1.64 bits per heavy atom. The molecule has 4 rings (SSSR count). The van der Waals surface area contributed by atoms with Crippen LogP contribution in [0.15, 0.2) is 48.7 Å². The van der Waals surface area contributed by atoms with E-state index in [1.54, 1.807) is 27.5 Å². The van der Waals surface area contributed by atoms with Gasteiger partial charge in [0, 0.05) is 11.8 Å². The number of fused-ring (bicyclic) bond motifs is 1. The minimum absolute atomic E-state index is 0.536. The number of para-hydroxylation sites is 1. The molecule has 0 radical (unpaired) electrons. The molecule has 0 aliphatic carbocycles. The number of nitrogens with zero attached hydrogens (tertiary/aromatic N) is 3. The predicted molar refractivity (Wildman–Crippen MR) is 107 cm³/mol. The molecule has 142 valence electrons. The minimum Gasteiger partial charge on any atom is -0.496 e. The molecule has 0 saturated heterocycles. The molecule has 0 aliphatic heterocycles. The largest absolute Gasteiger partial charge is 0.496 e. The van der Waals surface area contributed by atoms with E-state index in [9.17, 15) is 0 Å². The summed E-state index contributed by atoms with van der Waals surface area (Å²) in [6.07, 6.45) is 1.66. The average Bonchev–Trinajstić information content (AvgIpc) is 3.22. The molecule has 2 heterocycles. The predicted octanol–water partition coefficient (Wildman–Crippen LogP) is 3.79. The second-order valence-corrected chi connectivity index (χ2v) is 5.92. The minimum atomic E-state index is 0.536. The first-order valence-corrected chi connectivity index (χ1v) is 8.57. The third-order valence-corrected chi connectivity index (χ3v) is 4.29. The lowest BCUT2D eigenvalue weighted by molar-refractivity contribution is 0.355. The van der Waals surface area contributed by atoms with Crippen LogP contribution in [0.4, 0.5) is 11.5 Å². The Hall–Kier alpha value is -3.81. The van der Waals surface area contributed by atoms with Gasteiger partial charge in [-0.05, 0) is 24.3 Å². The van der Waals surface area contributed by atoms with E-state index in [2.05, 4.69) is 20.5 Å². The quantitative estimate of drug-likeness (QED) is 0.528. The van der Waals surface area contributed by atoms with Gasteiger partial charge in [-0.15, -0.1) is 0 Å². The number of benzene rings is 2. The van der Waals surface area contributed by atoms with Crippen molar-refractivity contribution in [3.8, 4) is 28.6 Å². The van der Waals surface area contributed by atoms with Gasteiger partial charge in [0.05, 0.1) is 33.1 Å².